The lowest BCUT2D eigenvalue weighted by molar-refractivity contribution is -0.0420. The molecule has 0 bridgehead atoms. The Bertz CT molecular complexity index is 197. The third-order valence-corrected chi connectivity index (χ3v) is 2.47. The lowest BCUT2D eigenvalue weighted by Gasteiger charge is -2.22. The zero-order chi connectivity index (χ0) is 10.9. The Morgan fingerprint density at radius 1 is 1.60 bits per heavy atom. The van der Waals surface area contributed by atoms with E-state index in [1.807, 2.05) is 6.92 Å². The molecule has 1 saturated heterocycles. The van der Waals surface area contributed by atoms with Crippen LogP contribution in [0.2, 0.25) is 0 Å². The molecule has 4 nitrogen and oxygen atoms in total. The van der Waals surface area contributed by atoms with Crippen LogP contribution in [0.15, 0.2) is 0 Å². The standard InChI is InChI=1S/C11H20N2O2/c1-2-13-10(7-12)8-14-9-11-5-3-4-6-15-11/h10-11,13H,2-6,8-9H2,1H3. The van der Waals surface area contributed by atoms with Gasteiger partial charge in [0.1, 0.15) is 6.04 Å². The molecule has 0 spiro atoms. The smallest absolute Gasteiger partial charge is 0.119 e. The number of likely N-dealkylation sites (N-methyl/N-ethyl adjacent to an activating group) is 1. The quantitative estimate of drug-likeness (QED) is 0.715. The van der Waals surface area contributed by atoms with Crippen LogP contribution in [0.5, 0.6) is 0 Å². The normalized spacial score (nSPS) is 23.3. The fourth-order valence-electron chi connectivity index (χ4n) is 1.64. The van der Waals surface area contributed by atoms with Crippen molar-refractivity contribution >= 4 is 0 Å². The predicted octanol–water partition coefficient (Wildman–Crippen LogP) is 1.07. The molecule has 0 aromatic rings. The maximum absolute atomic E-state index is 8.77. The van der Waals surface area contributed by atoms with E-state index in [1.165, 1.54) is 6.42 Å². The van der Waals surface area contributed by atoms with Crippen LogP contribution >= 0.6 is 0 Å². The van der Waals surface area contributed by atoms with E-state index >= 15 is 0 Å². The van der Waals surface area contributed by atoms with E-state index in [2.05, 4.69) is 11.4 Å². The molecular weight excluding hydrogens is 192 g/mol. The summed E-state index contributed by atoms with van der Waals surface area (Å²) in [4.78, 5) is 0. The first kappa shape index (κ1) is 12.4. The fraction of sp³-hybridized carbons (Fsp3) is 0.909. The summed E-state index contributed by atoms with van der Waals surface area (Å²) in [7, 11) is 0. The van der Waals surface area contributed by atoms with Gasteiger partial charge >= 0.3 is 0 Å². The van der Waals surface area contributed by atoms with Gasteiger partial charge in [0, 0.05) is 6.61 Å². The lowest BCUT2D eigenvalue weighted by atomic mass is 10.1. The second kappa shape index (κ2) is 7.63. The highest BCUT2D eigenvalue weighted by molar-refractivity contribution is 4.89. The second-order valence-corrected chi connectivity index (χ2v) is 3.77. The maximum Gasteiger partial charge on any atom is 0.119 e. The molecule has 0 aliphatic carbocycles. The van der Waals surface area contributed by atoms with Crippen LogP contribution < -0.4 is 5.32 Å². The van der Waals surface area contributed by atoms with Crippen LogP contribution in [-0.4, -0.2) is 38.5 Å². The minimum atomic E-state index is -0.196. The SMILES string of the molecule is CCNC(C#N)COCC1CCCCO1. The van der Waals surface area contributed by atoms with Crippen LogP contribution in [0.1, 0.15) is 26.2 Å². The molecule has 0 aromatic heterocycles. The summed E-state index contributed by atoms with van der Waals surface area (Å²) in [6, 6.07) is 1.97. The van der Waals surface area contributed by atoms with Gasteiger partial charge in [-0.15, -0.1) is 0 Å². The summed E-state index contributed by atoms with van der Waals surface area (Å²) in [5.74, 6) is 0. The molecule has 1 rings (SSSR count). The van der Waals surface area contributed by atoms with E-state index < -0.39 is 0 Å². The van der Waals surface area contributed by atoms with Gasteiger partial charge in [0.15, 0.2) is 0 Å². The molecule has 0 aromatic carbocycles. The summed E-state index contributed by atoms with van der Waals surface area (Å²) < 4.78 is 11.0. The van der Waals surface area contributed by atoms with Gasteiger partial charge < -0.3 is 14.8 Å². The molecule has 15 heavy (non-hydrogen) atoms. The van der Waals surface area contributed by atoms with Gasteiger partial charge in [-0.05, 0) is 25.8 Å². The van der Waals surface area contributed by atoms with Gasteiger partial charge in [-0.3, -0.25) is 0 Å². The Labute approximate surface area is 91.6 Å². The van der Waals surface area contributed by atoms with Gasteiger partial charge in [-0.25, -0.2) is 0 Å². The van der Waals surface area contributed by atoms with Gasteiger partial charge in [-0.1, -0.05) is 6.92 Å². The summed E-state index contributed by atoms with van der Waals surface area (Å²) in [6.45, 7) is 4.69. The third kappa shape index (κ3) is 5.12. The van der Waals surface area contributed by atoms with Gasteiger partial charge in [0.05, 0.1) is 25.4 Å². The highest BCUT2D eigenvalue weighted by atomic mass is 16.5. The third-order valence-electron chi connectivity index (χ3n) is 2.47. The molecule has 1 heterocycles. The molecule has 2 unspecified atom stereocenters. The topological polar surface area (TPSA) is 54.3 Å². The van der Waals surface area contributed by atoms with E-state index in [4.69, 9.17) is 14.7 Å². The van der Waals surface area contributed by atoms with E-state index in [1.54, 1.807) is 0 Å². The Balaban J connectivity index is 2.06. The van der Waals surface area contributed by atoms with Crippen LogP contribution in [0, 0.1) is 11.3 Å². The number of ether oxygens (including phenoxy) is 2. The first-order chi connectivity index (χ1) is 7.36. The Kier molecular flexibility index (Phi) is 6.33. The molecule has 0 saturated carbocycles. The minimum absolute atomic E-state index is 0.196. The fourth-order valence-corrected chi connectivity index (χ4v) is 1.64. The molecule has 0 amide bonds. The Morgan fingerprint density at radius 2 is 2.47 bits per heavy atom. The average molecular weight is 212 g/mol. The summed E-state index contributed by atoms with van der Waals surface area (Å²) >= 11 is 0. The highest BCUT2D eigenvalue weighted by Crippen LogP contribution is 2.12. The molecular formula is C11H20N2O2. The Morgan fingerprint density at radius 3 is 3.07 bits per heavy atom. The largest absolute Gasteiger partial charge is 0.376 e. The van der Waals surface area contributed by atoms with E-state index in [0.717, 1.165) is 26.0 Å². The van der Waals surface area contributed by atoms with Gasteiger partial charge in [0.2, 0.25) is 0 Å². The minimum Gasteiger partial charge on any atom is -0.376 e. The van der Waals surface area contributed by atoms with Crippen molar-refractivity contribution in [2.24, 2.45) is 0 Å². The number of rotatable bonds is 6. The second-order valence-electron chi connectivity index (χ2n) is 3.77. The predicted molar refractivity (Wildman–Crippen MR) is 57.5 cm³/mol. The molecule has 86 valence electrons. The number of nitrogens with zero attached hydrogens (tertiary/aromatic N) is 1. The van der Waals surface area contributed by atoms with Crippen molar-refractivity contribution in [2.75, 3.05) is 26.4 Å². The van der Waals surface area contributed by atoms with Crippen molar-refractivity contribution < 1.29 is 9.47 Å². The van der Waals surface area contributed by atoms with Crippen molar-refractivity contribution in [2.45, 2.75) is 38.3 Å². The molecule has 2 atom stereocenters. The average Bonchev–Trinajstić information content (AvgIpc) is 2.29. The molecule has 0 radical (unpaired) electrons. The number of nitrogens with one attached hydrogen (secondary N) is 1. The van der Waals surface area contributed by atoms with E-state index in [0.29, 0.717) is 13.2 Å². The summed E-state index contributed by atoms with van der Waals surface area (Å²) in [6.07, 6.45) is 3.70. The summed E-state index contributed by atoms with van der Waals surface area (Å²) in [5.41, 5.74) is 0. The molecule has 1 aliphatic heterocycles. The first-order valence-electron chi connectivity index (χ1n) is 5.69. The van der Waals surface area contributed by atoms with Crippen molar-refractivity contribution in [3.63, 3.8) is 0 Å². The van der Waals surface area contributed by atoms with Crippen molar-refractivity contribution in [1.29, 1.82) is 5.26 Å². The van der Waals surface area contributed by atoms with E-state index in [-0.39, 0.29) is 12.1 Å². The van der Waals surface area contributed by atoms with Gasteiger partial charge in [-0.2, -0.15) is 5.26 Å². The van der Waals surface area contributed by atoms with E-state index in [9.17, 15) is 0 Å². The monoisotopic (exact) mass is 212 g/mol. The zero-order valence-corrected chi connectivity index (χ0v) is 9.37. The maximum atomic E-state index is 8.77. The zero-order valence-electron chi connectivity index (χ0n) is 9.37. The number of nitriles is 1. The van der Waals surface area contributed by atoms with Crippen molar-refractivity contribution in [3.05, 3.63) is 0 Å². The lowest BCUT2D eigenvalue weighted by Crippen LogP contribution is -2.33. The highest BCUT2D eigenvalue weighted by Gasteiger charge is 2.14. The molecule has 1 N–H and O–H groups in total. The number of hydrogen-bond acceptors (Lipinski definition) is 4. The molecule has 1 fully saturated rings. The van der Waals surface area contributed by atoms with Crippen LogP contribution in [0.3, 0.4) is 0 Å². The van der Waals surface area contributed by atoms with Crippen LogP contribution in [-0.2, 0) is 9.47 Å². The molecule has 1 aliphatic rings. The van der Waals surface area contributed by atoms with Crippen molar-refractivity contribution in [3.8, 4) is 6.07 Å². The van der Waals surface area contributed by atoms with Gasteiger partial charge in [0.25, 0.3) is 0 Å². The first-order valence-corrected chi connectivity index (χ1v) is 5.69. The summed E-state index contributed by atoms with van der Waals surface area (Å²) in [5, 5.41) is 11.8. The van der Waals surface area contributed by atoms with Crippen LogP contribution in [0.25, 0.3) is 0 Å². The van der Waals surface area contributed by atoms with Crippen molar-refractivity contribution in [1.82, 2.24) is 5.32 Å². The molecule has 4 heteroatoms. The van der Waals surface area contributed by atoms with Crippen LogP contribution in [0.4, 0.5) is 0 Å². The number of hydrogen-bond donors (Lipinski definition) is 1. The Hall–Kier alpha value is -0.630.